The van der Waals surface area contributed by atoms with Crippen LogP contribution in [0.3, 0.4) is 0 Å². The van der Waals surface area contributed by atoms with Gasteiger partial charge in [0, 0.05) is 12.0 Å². The maximum absolute atomic E-state index is 12.5. The molecule has 2 aliphatic rings. The molecule has 6 rings (SSSR count). The van der Waals surface area contributed by atoms with E-state index in [1.54, 1.807) is 12.1 Å². The van der Waals surface area contributed by atoms with Crippen molar-refractivity contribution in [2.24, 2.45) is 0 Å². The Kier molecular flexibility index (Phi) is 7.08. The predicted octanol–water partition coefficient (Wildman–Crippen LogP) is 8.34. The summed E-state index contributed by atoms with van der Waals surface area (Å²) in [5, 5.41) is 15.9. The van der Waals surface area contributed by atoms with Gasteiger partial charge in [0.1, 0.15) is 13.2 Å². The van der Waals surface area contributed by atoms with E-state index >= 15 is 0 Å². The molecular weight excluding hydrogens is 502 g/mol. The lowest BCUT2D eigenvalue weighted by molar-refractivity contribution is -0.384. The van der Waals surface area contributed by atoms with Gasteiger partial charge in [0.2, 0.25) is 5.75 Å². The largest absolute Gasteiger partial charge is 0.483 e. The molecule has 0 saturated carbocycles. The number of hydrogen-bond donors (Lipinski definition) is 0. The van der Waals surface area contributed by atoms with Crippen LogP contribution in [0.5, 0.6) is 5.75 Å². The fourth-order valence-electron chi connectivity index (χ4n) is 6.12. The number of nitro groups is 1. The summed E-state index contributed by atoms with van der Waals surface area (Å²) in [6, 6.07) is 19.8. The first-order valence-corrected chi connectivity index (χ1v) is 14.0. The summed E-state index contributed by atoms with van der Waals surface area (Å²) in [6.07, 6.45) is 9.81. The number of aryl methyl sites for hydroxylation is 1. The molecule has 0 amide bonds. The zero-order valence-electron chi connectivity index (χ0n) is 22.6. The zero-order chi connectivity index (χ0) is 27.6. The molecule has 0 spiro atoms. The molecule has 0 saturated heterocycles. The highest BCUT2D eigenvalue weighted by atomic mass is 16.6. The van der Waals surface area contributed by atoms with Crippen molar-refractivity contribution in [3.05, 3.63) is 99.6 Å². The number of allylic oxidation sites excluding steroid dienone is 4. The van der Waals surface area contributed by atoms with Gasteiger partial charge in [-0.15, -0.1) is 0 Å². The number of benzene rings is 4. The molecule has 0 aliphatic heterocycles. The van der Waals surface area contributed by atoms with Crippen LogP contribution >= 0.6 is 0 Å². The Labute approximate surface area is 233 Å². The van der Waals surface area contributed by atoms with Gasteiger partial charge in [0.05, 0.1) is 10.3 Å². The Hall–Kier alpha value is -4.45. The Morgan fingerprint density at radius 3 is 2.60 bits per heavy atom. The van der Waals surface area contributed by atoms with E-state index in [-0.39, 0.29) is 35.5 Å². The van der Waals surface area contributed by atoms with Crippen LogP contribution < -0.4 is 4.74 Å². The molecule has 2 aliphatic carbocycles. The van der Waals surface area contributed by atoms with Crippen molar-refractivity contribution in [3.8, 4) is 16.9 Å². The molecule has 40 heavy (non-hydrogen) atoms. The Morgan fingerprint density at radius 1 is 0.900 bits per heavy atom. The number of rotatable bonds is 8. The molecule has 0 radical (unpaired) electrons. The second-order valence-electron chi connectivity index (χ2n) is 10.3. The van der Waals surface area contributed by atoms with Crippen LogP contribution in [0.25, 0.3) is 38.2 Å². The highest BCUT2D eigenvalue weighted by molar-refractivity contribution is 6.07. The third-order valence-electron chi connectivity index (χ3n) is 7.91. The van der Waals surface area contributed by atoms with Gasteiger partial charge in [-0.3, -0.25) is 14.9 Å². The molecule has 202 valence electrons. The molecule has 0 fully saturated rings. The molecule has 4 aromatic rings. The fraction of sp³-hybridized carbons (Fsp3) is 0.265. The summed E-state index contributed by atoms with van der Waals surface area (Å²) in [4.78, 5) is 23.9. The molecule has 4 aromatic carbocycles. The van der Waals surface area contributed by atoms with Crippen molar-refractivity contribution < 1.29 is 19.2 Å². The van der Waals surface area contributed by atoms with Crippen LogP contribution in [0.15, 0.2) is 78.4 Å². The topological polar surface area (TPSA) is 78.7 Å². The molecule has 0 bridgehead atoms. The van der Waals surface area contributed by atoms with Gasteiger partial charge in [-0.1, -0.05) is 73.2 Å². The van der Waals surface area contributed by atoms with Gasteiger partial charge in [0.25, 0.3) is 0 Å². The van der Waals surface area contributed by atoms with Crippen LogP contribution in [0.1, 0.15) is 50.2 Å². The van der Waals surface area contributed by atoms with Gasteiger partial charge in [-0.25, -0.2) is 0 Å². The lowest BCUT2D eigenvalue weighted by Gasteiger charge is -2.26. The first-order chi connectivity index (χ1) is 19.6. The van der Waals surface area contributed by atoms with E-state index in [0.29, 0.717) is 23.8 Å². The third kappa shape index (κ3) is 4.64. The van der Waals surface area contributed by atoms with Gasteiger partial charge in [0.15, 0.2) is 0 Å². The molecular formula is C34H31NO5. The van der Waals surface area contributed by atoms with E-state index in [1.165, 1.54) is 22.3 Å². The normalized spacial score (nSPS) is 14.2. The summed E-state index contributed by atoms with van der Waals surface area (Å²) in [5.74, 6) is -0.107. The number of nitro benzene ring substituents is 1. The first kappa shape index (κ1) is 25.8. The van der Waals surface area contributed by atoms with Crippen molar-refractivity contribution in [1.29, 1.82) is 0 Å². The number of hydrogen-bond acceptors (Lipinski definition) is 5. The lowest BCUT2D eigenvalue weighted by atomic mass is 9.79. The molecule has 0 unspecified atom stereocenters. The number of fused-ring (bicyclic) bond motifs is 5. The number of carbonyl (C=O) groups excluding carboxylic acids is 1. The highest BCUT2D eigenvalue weighted by Gasteiger charge is 2.27. The predicted molar refractivity (Wildman–Crippen MR) is 159 cm³/mol. The van der Waals surface area contributed by atoms with Gasteiger partial charge >= 0.3 is 11.7 Å². The molecule has 0 atom stereocenters. The molecule has 6 heteroatoms. The average molecular weight is 534 g/mol. The van der Waals surface area contributed by atoms with E-state index in [4.69, 9.17) is 9.47 Å². The van der Waals surface area contributed by atoms with Crippen LogP contribution in [-0.4, -0.2) is 24.1 Å². The monoisotopic (exact) mass is 533 g/mol. The molecule has 6 nitrogen and oxygen atoms in total. The standard InChI is InChI=1S/C34H31NO5/c1-2-8-32(36)39-19-20-40-34-31(21-23-10-4-6-12-25(23)33(34)35(37)38)27-14-7-13-26-29-16-15-22-9-3-5-11-24(22)28(29)17-18-30(26)27/h4-7,10-14,17-18,21H,2-3,8-9,15-16,19-20H2,1H3. The summed E-state index contributed by atoms with van der Waals surface area (Å²) in [6.45, 7) is 1.95. The second-order valence-corrected chi connectivity index (χ2v) is 10.3. The van der Waals surface area contributed by atoms with Crippen LogP contribution in [0, 0.1) is 10.1 Å². The number of nitrogens with zero attached hydrogens (tertiary/aromatic N) is 1. The minimum absolute atomic E-state index is 0.0189. The van der Waals surface area contributed by atoms with Gasteiger partial charge in [-0.05, 0) is 82.7 Å². The fourth-order valence-corrected chi connectivity index (χ4v) is 6.12. The lowest BCUT2D eigenvalue weighted by Crippen LogP contribution is -2.13. The average Bonchev–Trinajstić information content (AvgIpc) is 2.98. The first-order valence-electron chi connectivity index (χ1n) is 14.0. The molecule has 0 heterocycles. The Bertz CT molecular complexity index is 1720. The van der Waals surface area contributed by atoms with Crippen molar-refractivity contribution in [3.63, 3.8) is 0 Å². The smallest absolute Gasteiger partial charge is 0.319 e. The quantitative estimate of drug-likeness (QED) is 0.0984. The van der Waals surface area contributed by atoms with Crippen molar-refractivity contribution in [2.75, 3.05) is 13.2 Å². The van der Waals surface area contributed by atoms with Crippen molar-refractivity contribution in [2.45, 2.75) is 45.4 Å². The van der Waals surface area contributed by atoms with Gasteiger partial charge in [-0.2, -0.15) is 0 Å². The van der Waals surface area contributed by atoms with E-state index < -0.39 is 0 Å². The molecule has 0 N–H and O–H groups in total. The highest BCUT2D eigenvalue weighted by Crippen LogP contribution is 2.47. The van der Waals surface area contributed by atoms with E-state index in [2.05, 4.69) is 30.4 Å². The SMILES string of the molecule is CCCC(=O)OCCOc1c(-c2cccc3c4c(ccc23)C2=C(CCC=C2)CC4)cc2ccccc2c1[N+](=O)[O-]. The van der Waals surface area contributed by atoms with Crippen molar-refractivity contribution in [1.82, 2.24) is 0 Å². The molecule has 0 aromatic heterocycles. The summed E-state index contributed by atoms with van der Waals surface area (Å²) < 4.78 is 11.4. The van der Waals surface area contributed by atoms with E-state index in [9.17, 15) is 14.9 Å². The number of esters is 1. The van der Waals surface area contributed by atoms with E-state index in [1.807, 2.05) is 37.3 Å². The van der Waals surface area contributed by atoms with Crippen LogP contribution in [-0.2, 0) is 16.0 Å². The summed E-state index contributed by atoms with van der Waals surface area (Å²) in [5.41, 5.74) is 6.95. The minimum Gasteiger partial charge on any atom is -0.483 e. The Morgan fingerprint density at radius 2 is 1.75 bits per heavy atom. The maximum atomic E-state index is 12.5. The minimum atomic E-state index is -0.374. The third-order valence-corrected chi connectivity index (χ3v) is 7.91. The second kappa shape index (κ2) is 11.0. The number of ether oxygens (including phenoxy) is 2. The Balaban J connectivity index is 1.50. The van der Waals surface area contributed by atoms with Crippen molar-refractivity contribution >= 4 is 38.8 Å². The van der Waals surface area contributed by atoms with Crippen LogP contribution in [0.2, 0.25) is 0 Å². The van der Waals surface area contributed by atoms with Crippen LogP contribution in [0.4, 0.5) is 5.69 Å². The summed E-state index contributed by atoms with van der Waals surface area (Å²) >= 11 is 0. The zero-order valence-corrected chi connectivity index (χ0v) is 22.6. The van der Waals surface area contributed by atoms with E-state index in [0.717, 1.165) is 47.4 Å². The number of carbonyl (C=O) groups is 1. The maximum Gasteiger partial charge on any atom is 0.319 e. The van der Waals surface area contributed by atoms with Gasteiger partial charge < -0.3 is 9.47 Å². The summed E-state index contributed by atoms with van der Waals surface area (Å²) in [7, 11) is 0.